The van der Waals surface area contributed by atoms with Crippen LogP contribution in [0.1, 0.15) is 18.1 Å². The van der Waals surface area contributed by atoms with Crippen LogP contribution in [0.4, 0.5) is 0 Å². The molecule has 0 radical (unpaired) electrons. The van der Waals surface area contributed by atoms with E-state index in [9.17, 15) is 0 Å². The molecule has 8 heteroatoms. The molecule has 31 heavy (non-hydrogen) atoms. The predicted octanol–water partition coefficient (Wildman–Crippen LogP) is 4.15. The SMILES string of the molecule is C=CCOc1ccccc1CN=C(NCC)NCc1c(OC)cc(OC)cc1OC.I. The zero-order chi connectivity index (χ0) is 21.8. The van der Waals surface area contributed by atoms with Crippen LogP contribution in [0, 0.1) is 0 Å². The van der Waals surface area contributed by atoms with Gasteiger partial charge in [-0.2, -0.15) is 0 Å². The van der Waals surface area contributed by atoms with Crippen LogP contribution in [-0.4, -0.2) is 40.4 Å². The molecule has 0 spiro atoms. The second-order valence-electron chi connectivity index (χ2n) is 6.27. The third kappa shape index (κ3) is 7.86. The lowest BCUT2D eigenvalue weighted by atomic mass is 10.1. The number of hydrogen-bond donors (Lipinski definition) is 2. The van der Waals surface area contributed by atoms with Gasteiger partial charge in [-0.05, 0) is 13.0 Å². The smallest absolute Gasteiger partial charge is 0.191 e. The van der Waals surface area contributed by atoms with Crippen molar-refractivity contribution in [1.29, 1.82) is 0 Å². The first-order valence-corrected chi connectivity index (χ1v) is 9.79. The second kappa shape index (κ2) is 14.4. The topological polar surface area (TPSA) is 73.3 Å². The summed E-state index contributed by atoms with van der Waals surface area (Å²) >= 11 is 0. The van der Waals surface area contributed by atoms with E-state index in [-0.39, 0.29) is 24.0 Å². The van der Waals surface area contributed by atoms with E-state index in [4.69, 9.17) is 23.9 Å². The van der Waals surface area contributed by atoms with Crippen molar-refractivity contribution >= 4 is 29.9 Å². The molecule has 0 aromatic heterocycles. The Hall–Kier alpha value is -2.62. The molecular formula is C23H32IN3O4. The molecule has 0 atom stereocenters. The molecule has 0 aliphatic rings. The lowest BCUT2D eigenvalue weighted by Gasteiger charge is -2.17. The van der Waals surface area contributed by atoms with Gasteiger partial charge in [0.2, 0.25) is 0 Å². The fourth-order valence-electron chi connectivity index (χ4n) is 2.85. The molecule has 2 aromatic rings. The number of ether oxygens (including phenoxy) is 4. The maximum Gasteiger partial charge on any atom is 0.191 e. The van der Waals surface area contributed by atoms with E-state index in [1.54, 1.807) is 27.4 Å². The zero-order valence-corrected chi connectivity index (χ0v) is 20.9. The molecule has 0 amide bonds. The minimum absolute atomic E-state index is 0. The molecule has 0 saturated heterocycles. The van der Waals surface area contributed by atoms with E-state index in [1.165, 1.54) is 0 Å². The first-order chi connectivity index (χ1) is 14.7. The Morgan fingerprint density at radius 3 is 2.26 bits per heavy atom. The van der Waals surface area contributed by atoms with Gasteiger partial charge in [0, 0.05) is 24.2 Å². The lowest BCUT2D eigenvalue weighted by molar-refractivity contribution is 0.359. The Bertz CT molecular complexity index is 833. The first-order valence-electron chi connectivity index (χ1n) is 9.79. The highest BCUT2D eigenvalue weighted by Gasteiger charge is 2.14. The highest BCUT2D eigenvalue weighted by molar-refractivity contribution is 14.0. The van der Waals surface area contributed by atoms with Crippen LogP contribution in [0.25, 0.3) is 0 Å². The lowest BCUT2D eigenvalue weighted by Crippen LogP contribution is -2.37. The maximum absolute atomic E-state index is 5.72. The minimum Gasteiger partial charge on any atom is -0.496 e. The Kier molecular flexibility index (Phi) is 12.3. The highest BCUT2D eigenvalue weighted by atomic mass is 127. The summed E-state index contributed by atoms with van der Waals surface area (Å²) in [6.45, 7) is 7.84. The average Bonchev–Trinajstić information content (AvgIpc) is 2.79. The van der Waals surface area contributed by atoms with Gasteiger partial charge in [0.1, 0.15) is 29.6 Å². The third-order valence-electron chi connectivity index (χ3n) is 4.33. The normalized spacial score (nSPS) is 10.5. The molecule has 0 unspecified atom stereocenters. The molecule has 0 bridgehead atoms. The van der Waals surface area contributed by atoms with Crippen LogP contribution in [0.15, 0.2) is 54.0 Å². The van der Waals surface area contributed by atoms with Gasteiger partial charge in [-0.1, -0.05) is 30.9 Å². The van der Waals surface area contributed by atoms with Crippen LogP contribution in [0.3, 0.4) is 0 Å². The fourth-order valence-corrected chi connectivity index (χ4v) is 2.85. The monoisotopic (exact) mass is 541 g/mol. The van der Waals surface area contributed by atoms with Gasteiger partial charge in [-0.25, -0.2) is 4.99 Å². The van der Waals surface area contributed by atoms with Crippen molar-refractivity contribution < 1.29 is 18.9 Å². The molecule has 7 nitrogen and oxygen atoms in total. The Balaban J connectivity index is 0.00000480. The molecule has 2 N–H and O–H groups in total. The van der Waals surface area contributed by atoms with Gasteiger partial charge in [-0.3, -0.25) is 0 Å². The average molecular weight is 541 g/mol. The fraction of sp³-hybridized carbons (Fsp3) is 0.348. The Morgan fingerprint density at radius 1 is 1.00 bits per heavy atom. The van der Waals surface area contributed by atoms with Gasteiger partial charge in [0.15, 0.2) is 5.96 Å². The van der Waals surface area contributed by atoms with Gasteiger partial charge in [0.25, 0.3) is 0 Å². The van der Waals surface area contributed by atoms with Crippen molar-refractivity contribution in [3.8, 4) is 23.0 Å². The summed E-state index contributed by atoms with van der Waals surface area (Å²) in [5, 5.41) is 6.60. The summed E-state index contributed by atoms with van der Waals surface area (Å²) < 4.78 is 22.1. The molecule has 2 rings (SSSR count). The number of para-hydroxylation sites is 1. The highest BCUT2D eigenvalue weighted by Crippen LogP contribution is 2.33. The van der Waals surface area contributed by atoms with E-state index >= 15 is 0 Å². The van der Waals surface area contributed by atoms with E-state index in [0.717, 1.165) is 23.4 Å². The predicted molar refractivity (Wildman–Crippen MR) is 135 cm³/mol. The second-order valence-corrected chi connectivity index (χ2v) is 6.27. The molecule has 0 aliphatic carbocycles. The number of benzene rings is 2. The first kappa shape index (κ1) is 26.4. The molecule has 0 aliphatic heterocycles. The van der Waals surface area contributed by atoms with Gasteiger partial charge in [-0.15, -0.1) is 24.0 Å². The van der Waals surface area contributed by atoms with E-state index < -0.39 is 0 Å². The number of nitrogens with zero attached hydrogens (tertiary/aromatic N) is 1. The quantitative estimate of drug-likeness (QED) is 0.193. The summed E-state index contributed by atoms with van der Waals surface area (Å²) in [5.74, 6) is 3.51. The van der Waals surface area contributed by atoms with Crippen LogP contribution >= 0.6 is 24.0 Å². The number of aliphatic imine (C=N–C) groups is 1. The number of nitrogens with one attached hydrogen (secondary N) is 2. The number of guanidine groups is 1. The van der Waals surface area contributed by atoms with Crippen LogP contribution < -0.4 is 29.6 Å². The van der Waals surface area contributed by atoms with Gasteiger partial charge < -0.3 is 29.6 Å². The molecule has 2 aromatic carbocycles. The minimum atomic E-state index is 0. The summed E-state index contributed by atoms with van der Waals surface area (Å²) in [5.41, 5.74) is 1.87. The summed E-state index contributed by atoms with van der Waals surface area (Å²) in [7, 11) is 4.85. The standard InChI is InChI=1S/C23H31N3O4.HI/c1-6-12-30-20-11-9-8-10-17(20)15-25-23(24-7-2)26-16-19-21(28-4)13-18(27-3)14-22(19)29-5;/h6,8-11,13-14H,1,7,12,15-16H2,2-5H3,(H2,24,25,26);1H. The molecule has 170 valence electrons. The number of hydrogen-bond acceptors (Lipinski definition) is 5. The van der Waals surface area contributed by atoms with Crippen molar-refractivity contribution in [2.24, 2.45) is 4.99 Å². The van der Waals surface area contributed by atoms with Crippen LogP contribution in [0.5, 0.6) is 23.0 Å². The van der Waals surface area contributed by atoms with Crippen molar-refractivity contribution in [2.45, 2.75) is 20.0 Å². The van der Waals surface area contributed by atoms with Crippen LogP contribution in [0.2, 0.25) is 0 Å². The molecular weight excluding hydrogens is 509 g/mol. The summed E-state index contributed by atoms with van der Waals surface area (Å²) in [4.78, 5) is 4.69. The number of halogens is 1. The van der Waals surface area contributed by atoms with Gasteiger partial charge in [0.05, 0.1) is 40.0 Å². The number of methoxy groups -OCH3 is 3. The summed E-state index contributed by atoms with van der Waals surface area (Å²) in [6, 6.07) is 11.5. The Morgan fingerprint density at radius 2 is 1.68 bits per heavy atom. The van der Waals surface area contributed by atoms with Crippen LogP contribution in [-0.2, 0) is 13.1 Å². The maximum atomic E-state index is 5.72. The Labute approximate surface area is 201 Å². The zero-order valence-electron chi connectivity index (χ0n) is 18.6. The van der Waals surface area contributed by atoms with Crippen molar-refractivity contribution in [3.63, 3.8) is 0 Å². The third-order valence-corrected chi connectivity index (χ3v) is 4.33. The van der Waals surface area contributed by atoms with Crippen molar-refractivity contribution in [2.75, 3.05) is 34.5 Å². The van der Waals surface area contributed by atoms with E-state index in [1.807, 2.05) is 43.3 Å². The molecule has 0 heterocycles. The molecule has 0 saturated carbocycles. The summed E-state index contributed by atoms with van der Waals surface area (Å²) in [6.07, 6.45) is 1.72. The van der Waals surface area contributed by atoms with E-state index in [2.05, 4.69) is 17.2 Å². The largest absolute Gasteiger partial charge is 0.496 e. The van der Waals surface area contributed by atoms with Gasteiger partial charge >= 0.3 is 0 Å². The van der Waals surface area contributed by atoms with E-state index in [0.29, 0.717) is 42.9 Å². The van der Waals surface area contributed by atoms with Crippen molar-refractivity contribution in [1.82, 2.24) is 10.6 Å². The number of rotatable bonds is 11. The molecule has 0 fully saturated rings. The van der Waals surface area contributed by atoms with Crippen molar-refractivity contribution in [3.05, 3.63) is 60.2 Å².